The molecule has 1 aliphatic heterocycles. The van der Waals surface area contributed by atoms with Crippen LogP contribution in [0.5, 0.6) is 0 Å². The van der Waals surface area contributed by atoms with Gasteiger partial charge in [0.1, 0.15) is 5.54 Å². The molecule has 1 unspecified atom stereocenters. The van der Waals surface area contributed by atoms with Gasteiger partial charge in [-0.2, -0.15) is 0 Å². The summed E-state index contributed by atoms with van der Waals surface area (Å²) in [5.41, 5.74) is 7.04. The van der Waals surface area contributed by atoms with Gasteiger partial charge in [-0.25, -0.2) is 0 Å². The number of hydrogen-bond acceptors (Lipinski definition) is 4. The zero-order valence-electron chi connectivity index (χ0n) is 11.3. The van der Waals surface area contributed by atoms with Crippen LogP contribution in [0.2, 0.25) is 0 Å². The van der Waals surface area contributed by atoms with Gasteiger partial charge in [0.05, 0.1) is 12.3 Å². The Morgan fingerprint density at radius 1 is 1.29 bits per heavy atom. The molecule has 2 heterocycles. The van der Waals surface area contributed by atoms with E-state index in [1.54, 1.807) is 12.1 Å². The number of anilines is 1. The van der Waals surface area contributed by atoms with Crippen molar-refractivity contribution in [2.24, 2.45) is 5.73 Å². The molecular weight excluding hydrogens is 272 g/mol. The highest BCUT2D eigenvalue weighted by atomic mass is 16.5. The van der Waals surface area contributed by atoms with Gasteiger partial charge in [0, 0.05) is 18.4 Å². The number of benzene rings is 1. The van der Waals surface area contributed by atoms with Gasteiger partial charge in [-0.1, -0.05) is 12.1 Å². The van der Waals surface area contributed by atoms with E-state index >= 15 is 0 Å². The van der Waals surface area contributed by atoms with Crippen molar-refractivity contribution < 1.29 is 9.53 Å². The summed E-state index contributed by atoms with van der Waals surface area (Å²) >= 11 is 0. The molecule has 5 N–H and O–H groups in total. The second kappa shape index (κ2) is 5.19. The lowest BCUT2D eigenvalue weighted by Crippen LogP contribution is -2.51. The number of carbonyl (C=O) groups is 1. The number of rotatable bonds is 3. The van der Waals surface area contributed by atoms with Crippen molar-refractivity contribution in [1.82, 2.24) is 10.2 Å². The maximum absolute atomic E-state index is 12.1. The number of carbonyl (C=O) groups excluding carboxylic acids is 1. The SMILES string of the molecule is NC1(C(=O)Nc2ccc(-c3cc(=O)[nH][nH]3)cc2)CCOC1. The first-order valence-corrected chi connectivity index (χ1v) is 6.63. The average molecular weight is 288 g/mol. The van der Waals surface area contributed by atoms with E-state index in [0.29, 0.717) is 24.4 Å². The molecule has 1 aromatic heterocycles. The van der Waals surface area contributed by atoms with Crippen LogP contribution in [0.15, 0.2) is 35.1 Å². The van der Waals surface area contributed by atoms with Crippen molar-refractivity contribution >= 4 is 11.6 Å². The maximum Gasteiger partial charge on any atom is 0.264 e. The highest BCUT2D eigenvalue weighted by Crippen LogP contribution is 2.21. The van der Waals surface area contributed by atoms with Crippen LogP contribution < -0.4 is 16.6 Å². The van der Waals surface area contributed by atoms with Gasteiger partial charge in [0.15, 0.2) is 0 Å². The second-order valence-corrected chi connectivity index (χ2v) is 5.16. The Morgan fingerprint density at radius 2 is 2.05 bits per heavy atom. The molecule has 0 radical (unpaired) electrons. The Labute approximate surface area is 120 Å². The summed E-state index contributed by atoms with van der Waals surface area (Å²) in [6.07, 6.45) is 0.515. The number of hydrogen-bond donors (Lipinski definition) is 4. The minimum Gasteiger partial charge on any atom is -0.379 e. The summed E-state index contributed by atoms with van der Waals surface area (Å²) in [4.78, 5) is 23.2. The standard InChI is InChI=1S/C14H16N4O3/c15-14(5-6-21-8-14)13(20)16-10-3-1-9(2-4-10)11-7-12(19)18-17-11/h1-4,7H,5-6,8,15H2,(H,16,20)(H2,17,18,19). The largest absolute Gasteiger partial charge is 0.379 e. The number of H-pyrrole nitrogens is 2. The molecule has 7 nitrogen and oxygen atoms in total. The Hall–Kier alpha value is -2.38. The van der Waals surface area contributed by atoms with Crippen LogP contribution in [-0.4, -0.2) is 34.9 Å². The summed E-state index contributed by atoms with van der Waals surface area (Å²) in [5, 5.41) is 8.03. The minimum absolute atomic E-state index is 0.186. The second-order valence-electron chi connectivity index (χ2n) is 5.16. The topological polar surface area (TPSA) is 113 Å². The molecule has 1 fully saturated rings. The van der Waals surface area contributed by atoms with Gasteiger partial charge in [-0.05, 0) is 24.1 Å². The fraction of sp³-hybridized carbons (Fsp3) is 0.286. The van der Waals surface area contributed by atoms with Gasteiger partial charge in [0.25, 0.3) is 5.56 Å². The predicted octanol–water partition coefficient (Wildman–Crippen LogP) is 0.426. The molecule has 1 aliphatic rings. The van der Waals surface area contributed by atoms with Crippen molar-refractivity contribution in [3.05, 3.63) is 40.7 Å². The molecule has 2 aromatic rings. The normalized spacial score (nSPS) is 21.4. The molecule has 0 spiro atoms. The number of nitrogens with two attached hydrogens (primary N) is 1. The molecule has 1 saturated heterocycles. The van der Waals surface area contributed by atoms with Crippen LogP contribution in [0, 0.1) is 0 Å². The Kier molecular flexibility index (Phi) is 3.36. The third-order valence-electron chi connectivity index (χ3n) is 3.55. The fourth-order valence-corrected chi connectivity index (χ4v) is 2.24. The fourth-order valence-electron chi connectivity index (χ4n) is 2.24. The number of aromatic amines is 2. The zero-order valence-corrected chi connectivity index (χ0v) is 11.3. The molecule has 110 valence electrons. The molecule has 21 heavy (non-hydrogen) atoms. The molecule has 1 amide bonds. The first-order chi connectivity index (χ1) is 10.1. The number of nitrogens with one attached hydrogen (secondary N) is 3. The Morgan fingerprint density at radius 3 is 2.62 bits per heavy atom. The third kappa shape index (κ3) is 2.74. The highest BCUT2D eigenvalue weighted by molar-refractivity contribution is 5.98. The van der Waals surface area contributed by atoms with Crippen molar-refractivity contribution in [2.45, 2.75) is 12.0 Å². The Balaban J connectivity index is 1.72. The number of aromatic nitrogens is 2. The van der Waals surface area contributed by atoms with Crippen LogP contribution in [0.3, 0.4) is 0 Å². The summed E-state index contributed by atoms with van der Waals surface area (Å²) < 4.78 is 5.18. The van der Waals surface area contributed by atoms with E-state index < -0.39 is 5.54 Å². The van der Waals surface area contributed by atoms with Gasteiger partial charge in [-0.3, -0.25) is 19.8 Å². The van der Waals surface area contributed by atoms with Crippen molar-refractivity contribution in [3.63, 3.8) is 0 Å². The zero-order chi connectivity index (χ0) is 14.9. The summed E-state index contributed by atoms with van der Waals surface area (Å²) in [5.74, 6) is -0.247. The molecular formula is C14H16N4O3. The van der Waals surface area contributed by atoms with Gasteiger partial charge < -0.3 is 15.8 Å². The van der Waals surface area contributed by atoms with E-state index in [1.165, 1.54) is 6.07 Å². The smallest absolute Gasteiger partial charge is 0.264 e. The summed E-state index contributed by atoms with van der Waals surface area (Å²) in [6, 6.07) is 8.61. The quantitative estimate of drug-likeness (QED) is 0.655. The summed E-state index contributed by atoms with van der Waals surface area (Å²) in [6.45, 7) is 0.741. The molecule has 0 aliphatic carbocycles. The lowest BCUT2D eigenvalue weighted by molar-refractivity contribution is -0.121. The highest BCUT2D eigenvalue weighted by Gasteiger charge is 2.38. The first-order valence-electron chi connectivity index (χ1n) is 6.63. The van der Waals surface area contributed by atoms with E-state index in [9.17, 15) is 9.59 Å². The van der Waals surface area contributed by atoms with Gasteiger partial charge >= 0.3 is 0 Å². The maximum atomic E-state index is 12.1. The molecule has 1 atom stereocenters. The van der Waals surface area contributed by atoms with Crippen molar-refractivity contribution in [3.8, 4) is 11.3 Å². The van der Waals surface area contributed by atoms with Crippen LogP contribution in [0.1, 0.15) is 6.42 Å². The molecule has 7 heteroatoms. The predicted molar refractivity (Wildman–Crippen MR) is 77.8 cm³/mol. The monoisotopic (exact) mass is 288 g/mol. The lowest BCUT2D eigenvalue weighted by Gasteiger charge is -2.20. The van der Waals surface area contributed by atoms with E-state index in [-0.39, 0.29) is 18.1 Å². The van der Waals surface area contributed by atoms with E-state index in [2.05, 4.69) is 15.5 Å². The van der Waals surface area contributed by atoms with Gasteiger partial charge in [0.2, 0.25) is 5.91 Å². The van der Waals surface area contributed by atoms with E-state index in [4.69, 9.17) is 10.5 Å². The van der Waals surface area contributed by atoms with E-state index in [1.807, 2.05) is 12.1 Å². The summed E-state index contributed by atoms with van der Waals surface area (Å²) in [7, 11) is 0. The van der Waals surface area contributed by atoms with Crippen molar-refractivity contribution in [1.29, 1.82) is 0 Å². The molecule has 0 bridgehead atoms. The van der Waals surface area contributed by atoms with E-state index in [0.717, 1.165) is 5.56 Å². The Bertz CT molecular complexity index is 696. The van der Waals surface area contributed by atoms with Gasteiger partial charge in [-0.15, -0.1) is 0 Å². The van der Waals surface area contributed by atoms with Crippen molar-refractivity contribution in [2.75, 3.05) is 18.5 Å². The first kappa shape index (κ1) is 13.6. The molecule has 3 rings (SSSR count). The van der Waals surface area contributed by atoms with Crippen LogP contribution in [-0.2, 0) is 9.53 Å². The number of amides is 1. The third-order valence-corrected chi connectivity index (χ3v) is 3.55. The van der Waals surface area contributed by atoms with Crippen LogP contribution in [0.4, 0.5) is 5.69 Å². The molecule has 1 aromatic carbocycles. The lowest BCUT2D eigenvalue weighted by atomic mass is 9.99. The van der Waals surface area contributed by atoms with Crippen LogP contribution in [0.25, 0.3) is 11.3 Å². The molecule has 0 saturated carbocycles. The minimum atomic E-state index is -0.954. The average Bonchev–Trinajstić information content (AvgIpc) is 3.09. The number of ether oxygens (including phenoxy) is 1. The van der Waals surface area contributed by atoms with Crippen LogP contribution >= 0.6 is 0 Å².